The van der Waals surface area contributed by atoms with Crippen LogP contribution in [0.25, 0.3) is 0 Å². The van der Waals surface area contributed by atoms with Gasteiger partial charge in [0.25, 0.3) is 11.8 Å². The average molecular weight is 369 g/mol. The topological polar surface area (TPSA) is 65.6 Å². The van der Waals surface area contributed by atoms with Crippen LogP contribution in [0.5, 0.6) is 5.75 Å². The van der Waals surface area contributed by atoms with E-state index in [9.17, 15) is 9.59 Å². The predicted octanol–water partition coefficient (Wildman–Crippen LogP) is 2.92. The van der Waals surface area contributed by atoms with Crippen LogP contribution >= 0.6 is 0 Å². The number of benzene rings is 1. The van der Waals surface area contributed by atoms with Crippen molar-refractivity contribution in [2.45, 2.75) is 26.2 Å². The fourth-order valence-corrected chi connectivity index (χ4v) is 3.26. The standard InChI is InChI=1S/C21H27N3O3/c1-21(2,3)16-5-6-18(27-4)17(13-16)20(26)24-11-9-23(10-12-24)19(25)15-7-8-22-14-15/h5-8,13-14,22H,9-12H2,1-4H3. The third-order valence-corrected chi connectivity index (χ3v) is 4.99. The van der Waals surface area contributed by atoms with Crippen molar-refractivity contribution >= 4 is 11.8 Å². The third kappa shape index (κ3) is 3.99. The second-order valence-electron chi connectivity index (χ2n) is 7.85. The first-order chi connectivity index (χ1) is 12.8. The molecule has 1 aromatic heterocycles. The van der Waals surface area contributed by atoms with Crippen LogP contribution in [0, 0.1) is 0 Å². The summed E-state index contributed by atoms with van der Waals surface area (Å²) < 4.78 is 5.42. The van der Waals surface area contributed by atoms with Crippen LogP contribution in [0.1, 0.15) is 47.1 Å². The van der Waals surface area contributed by atoms with Gasteiger partial charge in [0.05, 0.1) is 18.2 Å². The van der Waals surface area contributed by atoms with E-state index in [4.69, 9.17) is 4.74 Å². The summed E-state index contributed by atoms with van der Waals surface area (Å²) in [7, 11) is 1.58. The minimum absolute atomic E-state index is 0.00402. The summed E-state index contributed by atoms with van der Waals surface area (Å²) in [6, 6.07) is 7.56. The Morgan fingerprint density at radius 2 is 1.63 bits per heavy atom. The number of aromatic amines is 1. The number of H-pyrrole nitrogens is 1. The Labute approximate surface area is 160 Å². The number of amides is 2. The highest BCUT2D eigenvalue weighted by atomic mass is 16.5. The molecule has 1 aromatic carbocycles. The lowest BCUT2D eigenvalue weighted by Crippen LogP contribution is -2.50. The lowest BCUT2D eigenvalue weighted by molar-refractivity contribution is 0.0533. The van der Waals surface area contributed by atoms with E-state index in [1.165, 1.54) is 0 Å². The summed E-state index contributed by atoms with van der Waals surface area (Å²) in [5.74, 6) is 0.529. The van der Waals surface area contributed by atoms with E-state index in [2.05, 4.69) is 25.8 Å². The average Bonchev–Trinajstić information content (AvgIpc) is 3.20. The smallest absolute Gasteiger partial charge is 0.257 e. The minimum atomic E-state index is -0.0526. The number of carbonyl (C=O) groups excluding carboxylic acids is 2. The van der Waals surface area contributed by atoms with Crippen LogP contribution in [-0.2, 0) is 5.41 Å². The summed E-state index contributed by atoms with van der Waals surface area (Å²) >= 11 is 0. The van der Waals surface area contributed by atoms with Crippen LogP contribution < -0.4 is 4.74 Å². The fraction of sp³-hybridized carbons (Fsp3) is 0.429. The van der Waals surface area contributed by atoms with Crippen molar-refractivity contribution in [2.75, 3.05) is 33.3 Å². The zero-order valence-electron chi connectivity index (χ0n) is 16.4. The molecular formula is C21H27N3O3. The number of methoxy groups -OCH3 is 1. The van der Waals surface area contributed by atoms with Gasteiger partial charge in [-0.2, -0.15) is 0 Å². The molecule has 144 valence electrons. The minimum Gasteiger partial charge on any atom is -0.496 e. The summed E-state index contributed by atoms with van der Waals surface area (Å²) in [6.07, 6.45) is 3.43. The molecule has 6 heteroatoms. The first-order valence-electron chi connectivity index (χ1n) is 9.21. The van der Waals surface area contributed by atoms with Gasteiger partial charge in [-0.15, -0.1) is 0 Å². The molecule has 0 unspecified atom stereocenters. The maximum absolute atomic E-state index is 13.1. The molecular weight excluding hydrogens is 342 g/mol. The van der Waals surface area contributed by atoms with E-state index >= 15 is 0 Å². The van der Waals surface area contributed by atoms with Gasteiger partial charge in [0.2, 0.25) is 0 Å². The van der Waals surface area contributed by atoms with Gasteiger partial charge in [0.15, 0.2) is 0 Å². The van der Waals surface area contributed by atoms with Crippen LogP contribution in [0.3, 0.4) is 0 Å². The highest BCUT2D eigenvalue weighted by molar-refractivity contribution is 5.98. The first kappa shape index (κ1) is 19.0. The van der Waals surface area contributed by atoms with Crippen LogP contribution in [-0.4, -0.2) is 59.9 Å². The van der Waals surface area contributed by atoms with Crippen molar-refractivity contribution in [3.8, 4) is 5.75 Å². The second-order valence-corrected chi connectivity index (χ2v) is 7.85. The number of piperazine rings is 1. The number of hydrogen-bond acceptors (Lipinski definition) is 3. The van der Waals surface area contributed by atoms with Gasteiger partial charge in [-0.3, -0.25) is 9.59 Å². The summed E-state index contributed by atoms with van der Waals surface area (Å²) in [5, 5.41) is 0. The van der Waals surface area contributed by atoms with Gasteiger partial charge in [0.1, 0.15) is 5.75 Å². The molecule has 1 aliphatic rings. The molecule has 1 aliphatic heterocycles. The number of rotatable bonds is 3. The van der Waals surface area contributed by atoms with E-state index in [0.717, 1.165) is 5.56 Å². The Kier molecular flexibility index (Phi) is 5.26. The monoisotopic (exact) mass is 369 g/mol. The van der Waals surface area contributed by atoms with Crippen LogP contribution in [0.15, 0.2) is 36.7 Å². The molecule has 6 nitrogen and oxygen atoms in total. The highest BCUT2D eigenvalue weighted by Gasteiger charge is 2.28. The highest BCUT2D eigenvalue weighted by Crippen LogP contribution is 2.29. The Balaban J connectivity index is 1.73. The zero-order chi connectivity index (χ0) is 19.6. The second kappa shape index (κ2) is 7.47. The van der Waals surface area contributed by atoms with E-state index in [0.29, 0.717) is 43.1 Å². The molecule has 0 radical (unpaired) electrons. The van der Waals surface area contributed by atoms with Crippen molar-refractivity contribution in [1.29, 1.82) is 0 Å². The Bertz CT molecular complexity index is 814. The summed E-state index contributed by atoms with van der Waals surface area (Å²) in [6.45, 7) is 8.43. The molecule has 1 N–H and O–H groups in total. The number of nitrogens with zero attached hydrogens (tertiary/aromatic N) is 2. The zero-order valence-corrected chi connectivity index (χ0v) is 16.4. The van der Waals surface area contributed by atoms with Gasteiger partial charge >= 0.3 is 0 Å². The van der Waals surface area contributed by atoms with E-state index < -0.39 is 0 Å². The molecule has 2 heterocycles. The van der Waals surface area contributed by atoms with E-state index in [1.54, 1.807) is 35.4 Å². The lowest BCUT2D eigenvalue weighted by Gasteiger charge is -2.35. The van der Waals surface area contributed by atoms with Crippen molar-refractivity contribution in [1.82, 2.24) is 14.8 Å². The van der Waals surface area contributed by atoms with Gasteiger partial charge in [-0.05, 0) is 29.2 Å². The SMILES string of the molecule is COc1ccc(C(C)(C)C)cc1C(=O)N1CCN(C(=O)c2cc[nH]c2)CC1. The molecule has 0 bridgehead atoms. The quantitative estimate of drug-likeness (QED) is 0.905. The molecule has 2 amide bonds. The summed E-state index contributed by atoms with van der Waals surface area (Å²) in [5.41, 5.74) is 2.26. The number of nitrogens with one attached hydrogen (secondary N) is 1. The third-order valence-electron chi connectivity index (χ3n) is 4.99. The van der Waals surface area contributed by atoms with Crippen molar-refractivity contribution in [3.63, 3.8) is 0 Å². The molecule has 0 aliphatic carbocycles. The maximum atomic E-state index is 13.1. The molecule has 2 aromatic rings. The number of carbonyl (C=O) groups is 2. The Morgan fingerprint density at radius 3 is 2.15 bits per heavy atom. The van der Waals surface area contributed by atoms with Gasteiger partial charge < -0.3 is 19.5 Å². The normalized spacial score (nSPS) is 15.0. The van der Waals surface area contributed by atoms with Gasteiger partial charge in [-0.25, -0.2) is 0 Å². The van der Waals surface area contributed by atoms with Gasteiger partial charge in [0, 0.05) is 38.6 Å². The molecule has 1 saturated heterocycles. The molecule has 27 heavy (non-hydrogen) atoms. The van der Waals surface area contributed by atoms with E-state index in [-0.39, 0.29) is 17.2 Å². The van der Waals surface area contributed by atoms with Crippen LogP contribution in [0.4, 0.5) is 0 Å². The molecule has 0 saturated carbocycles. The number of aromatic nitrogens is 1. The largest absolute Gasteiger partial charge is 0.496 e. The molecule has 0 atom stereocenters. The fourth-order valence-electron chi connectivity index (χ4n) is 3.26. The van der Waals surface area contributed by atoms with Crippen molar-refractivity contribution in [2.24, 2.45) is 0 Å². The predicted molar refractivity (Wildman–Crippen MR) is 104 cm³/mol. The van der Waals surface area contributed by atoms with Crippen molar-refractivity contribution in [3.05, 3.63) is 53.3 Å². The molecule has 1 fully saturated rings. The first-order valence-corrected chi connectivity index (χ1v) is 9.21. The number of ether oxygens (including phenoxy) is 1. The maximum Gasteiger partial charge on any atom is 0.257 e. The van der Waals surface area contributed by atoms with Gasteiger partial charge in [-0.1, -0.05) is 26.8 Å². The molecule has 3 rings (SSSR count). The molecule has 0 spiro atoms. The summed E-state index contributed by atoms with van der Waals surface area (Å²) in [4.78, 5) is 32.0. The van der Waals surface area contributed by atoms with Crippen LogP contribution in [0.2, 0.25) is 0 Å². The Morgan fingerprint density at radius 1 is 1.00 bits per heavy atom. The number of hydrogen-bond donors (Lipinski definition) is 1. The van der Waals surface area contributed by atoms with Crippen molar-refractivity contribution < 1.29 is 14.3 Å². The van der Waals surface area contributed by atoms with E-state index in [1.807, 2.05) is 18.2 Å². The lowest BCUT2D eigenvalue weighted by atomic mass is 9.86. The Hall–Kier alpha value is -2.76.